The predicted octanol–water partition coefficient (Wildman–Crippen LogP) is 0.679. The number of nitrogens with two attached hydrogens (primary N) is 1. The number of hydrogen-bond donors (Lipinski definition) is 8. The summed E-state index contributed by atoms with van der Waals surface area (Å²) in [5.74, 6) is -3.18. The Morgan fingerprint density at radius 3 is 2.00 bits per heavy atom. The van der Waals surface area contributed by atoms with Gasteiger partial charge in [0.1, 0.15) is 18.1 Å². The number of carboxylic acid groups (broad SMARTS) is 1. The van der Waals surface area contributed by atoms with Crippen molar-refractivity contribution in [1.82, 2.24) is 20.9 Å². The normalized spacial score (nSPS) is 14.2. The van der Waals surface area contributed by atoms with E-state index < -0.39 is 47.9 Å². The monoisotopic (exact) mass is 557 g/mol. The van der Waals surface area contributed by atoms with E-state index >= 15 is 0 Å². The number of carbonyl (C=O) groups excluding carboxylic acids is 3. The molecule has 0 aliphatic rings. The molecular formula is C26H31N5O5S2. The summed E-state index contributed by atoms with van der Waals surface area (Å²) in [5, 5.41) is 18.0. The average Bonchev–Trinajstić information content (AvgIpc) is 3.33. The highest BCUT2D eigenvalue weighted by molar-refractivity contribution is 7.80. The first-order valence-corrected chi connectivity index (χ1v) is 13.2. The van der Waals surface area contributed by atoms with Crippen LogP contribution in [0.3, 0.4) is 0 Å². The molecule has 0 saturated carbocycles. The molecule has 0 saturated heterocycles. The zero-order valence-electron chi connectivity index (χ0n) is 20.5. The van der Waals surface area contributed by atoms with Gasteiger partial charge in [-0.1, -0.05) is 48.5 Å². The van der Waals surface area contributed by atoms with E-state index in [9.17, 15) is 24.3 Å². The zero-order chi connectivity index (χ0) is 27.7. The molecule has 3 aromatic rings. The summed E-state index contributed by atoms with van der Waals surface area (Å²) >= 11 is 8.06. The fourth-order valence-corrected chi connectivity index (χ4v) is 4.29. The fourth-order valence-electron chi connectivity index (χ4n) is 3.88. The molecule has 0 aliphatic heterocycles. The van der Waals surface area contributed by atoms with Crippen molar-refractivity contribution in [3.63, 3.8) is 0 Å². The van der Waals surface area contributed by atoms with Crippen molar-refractivity contribution in [3.05, 3.63) is 71.9 Å². The molecule has 7 N–H and O–H groups in total. The number of hydrogen-bond acceptors (Lipinski definition) is 7. The number of aromatic amines is 1. The summed E-state index contributed by atoms with van der Waals surface area (Å²) in [5.41, 5.74) is 8.18. The number of carbonyl (C=O) groups is 4. The number of amides is 3. The number of nitrogens with one attached hydrogen (secondary N) is 4. The Hall–Kier alpha value is -3.48. The van der Waals surface area contributed by atoms with Gasteiger partial charge in [-0.3, -0.25) is 14.4 Å². The molecule has 3 amide bonds. The number of fused-ring (bicyclic) bond motifs is 1. The number of para-hydroxylation sites is 1. The lowest BCUT2D eigenvalue weighted by Gasteiger charge is -2.25. The van der Waals surface area contributed by atoms with Crippen LogP contribution in [0, 0.1) is 0 Å². The second-order valence-corrected chi connectivity index (χ2v) is 9.48. The molecular weight excluding hydrogens is 526 g/mol. The van der Waals surface area contributed by atoms with Gasteiger partial charge in [0.25, 0.3) is 0 Å². The van der Waals surface area contributed by atoms with Crippen LogP contribution in [0.4, 0.5) is 0 Å². The van der Waals surface area contributed by atoms with Crippen LogP contribution in [0.2, 0.25) is 0 Å². The van der Waals surface area contributed by atoms with Crippen LogP contribution in [-0.4, -0.2) is 69.5 Å². The first-order chi connectivity index (χ1) is 18.2. The topological polar surface area (TPSA) is 166 Å². The number of aromatic nitrogens is 1. The minimum Gasteiger partial charge on any atom is -0.480 e. The predicted molar refractivity (Wildman–Crippen MR) is 151 cm³/mol. The molecule has 0 radical (unpaired) electrons. The molecule has 2 aromatic carbocycles. The first-order valence-electron chi connectivity index (χ1n) is 11.9. The van der Waals surface area contributed by atoms with Gasteiger partial charge in [0, 0.05) is 41.4 Å². The van der Waals surface area contributed by atoms with Gasteiger partial charge >= 0.3 is 5.97 Å². The highest BCUT2D eigenvalue weighted by Gasteiger charge is 2.30. The third-order valence-corrected chi connectivity index (χ3v) is 6.74. The number of aliphatic carboxylic acids is 1. The summed E-state index contributed by atoms with van der Waals surface area (Å²) in [7, 11) is 0. The SMILES string of the molecule is NC(CS)C(=O)NC(Cc1ccccc1)C(=O)NC(Cc1c[nH]c2ccccc12)C(=O)NC(CS)C(=O)O. The number of thiol groups is 2. The van der Waals surface area contributed by atoms with Crippen LogP contribution in [0.15, 0.2) is 60.8 Å². The van der Waals surface area contributed by atoms with Crippen LogP contribution in [0.1, 0.15) is 11.1 Å². The lowest BCUT2D eigenvalue weighted by molar-refractivity contribution is -0.141. The summed E-state index contributed by atoms with van der Waals surface area (Å²) in [4.78, 5) is 53.9. The van der Waals surface area contributed by atoms with Gasteiger partial charge < -0.3 is 31.8 Å². The minimum atomic E-state index is -1.25. The Labute approximate surface area is 230 Å². The van der Waals surface area contributed by atoms with Gasteiger partial charge in [-0.2, -0.15) is 25.3 Å². The molecule has 1 aromatic heterocycles. The van der Waals surface area contributed by atoms with Crippen molar-refractivity contribution in [2.75, 3.05) is 11.5 Å². The van der Waals surface area contributed by atoms with E-state index in [0.29, 0.717) is 0 Å². The maximum absolute atomic E-state index is 13.5. The first kappa shape index (κ1) is 29.1. The number of carboxylic acids is 1. The van der Waals surface area contributed by atoms with Gasteiger partial charge in [0.15, 0.2) is 0 Å². The van der Waals surface area contributed by atoms with Gasteiger partial charge in [-0.05, 0) is 17.2 Å². The quantitative estimate of drug-likeness (QED) is 0.144. The van der Waals surface area contributed by atoms with E-state index in [-0.39, 0.29) is 24.3 Å². The average molecular weight is 558 g/mol. The standard InChI is InChI=1S/C26H31N5O5S2/c27-18(13-37)23(32)29-20(10-15-6-2-1-3-7-15)24(33)30-21(25(34)31-22(14-38)26(35)36)11-16-12-28-19-9-5-4-8-17(16)19/h1-9,12,18,20-22,28,37-38H,10-11,13-14,27H2,(H,29,32)(H,30,33)(H,31,34)(H,35,36). The van der Waals surface area contributed by atoms with E-state index in [2.05, 4.69) is 46.2 Å². The number of benzene rings is 2. The molecule has 0 spiro atoms. The van der Waals surface area contributed by atoms with Crippen LogP contribution in [0.25, 0.3) is 10.9 Å². The molecule has 4 atom stereocenters. The summed E-state index contributed by atoms with van der Waals surface area (Å²) in [6.07, 6.45) is 1.95. The molecule has 1 heterocycles. The van der Waals surface area contributed by atoms with Gasteiger partial charge in [0.05, 0.1) is 6.04 Å². The van der Waals surface area contributed by atoms with E-state index in [4.69, 9.17) is 5.73 Å². The highest BCUT2D eigenvalue weighted by Crippen LogP contribution is 2.19. The molecule has 0 bridgehead atoms. The Kier molecular flexibility index (Phi) is 10.6. The number of rotatable bonds is 13. The Balaban J connectivity index is 1.88. The summed E-state index contributed by atoms with van der Waals surface area (Å²) in [6.45, 7) is 0. The molecule has 0 fully saturated rings. The van der Waals surface area contributed by atoms with Crippen LogP contribution in [0.5, 0.6) is 0 Å². The van der Waals surface area contributed by atoms with Gasteiger partial charge in [-0.15, -0.1) is 0 Å². The summed E-state index contributed by atoms with van der Waals surface area (Å²) in [6, 6.07) is 12.2. The third-order valence-electron chi connectivity index (χ3n) is 5.98. The van der Waals surface area contributed by atoms with Crippen molar-refractivity contribution < 1.29 is 24.3 Å². The maximum atomic E-state index is 13.5. The van der Waals surface area contributed by atoms with Crippen molar-refractivity contribution in [3.8, 4) is 0 Å². The fraction of sp³-hybridized carbons (Fsp3) is 0.308. The lowest BCUT2D eigenvalue weighted by atomic mass is 10.0. The van der Waals surface area contributed by atoms with Gasteiger partial charge in [-0.25, -0.2) is 4.79 Å². The Bertz CT molecular complexity index is 1270. The smallest absolute Gasteiger partial charge is 0.327 e. The minimum absolute atomic E-state index is 0.0721. The second-order valence-electron chi connectivity index (χ2n) is 8.75. The molecule has 10 nitrogen and oxygen atoms in total. The van der Waals surface area contributed by atoms with Crippen molar-refractivity contribution in [1.29, 1.82) is 0 Å². The zero-order valence-corrected chi connectivity index (χ0v) is 22.3. The lowest BCUT2D eigenvalue weighted by Crippen LogP contribution is -2.58. The van der Waals surface area contributed by atoms with Crippen molar-refractivity contribution in [2.24, 2.45) is 5.73 Å². The summed E-state index contributed by atoms with van der Waals surface area (Å²) < 4.78 is 0. The number of H-pyrrole nitrogens is 1. The van der Waals surface area contributed by atoms with E-state index in [1.165, 1.54) is 0 Å². The van der Waals surface area contributed by atoms with Crippen molar-refractivity contribution in [2.45, 2.75) is 37.0 Å². The molecule has 4 unspecified atom stereocenters. The van der Waals surface area contributed by atoms with Gasteiger partial charge in [0.2, 0.25) is 17.7 Å². The van der Waals surface area contributed by atoms with Crippen molar-refractivity contribution >= 4 is 59.9 Å². The molecule has 0 aliphatic carbocycles. The largest absolute Gasteiger partial charge is 0.480 e. The van der Waals surface area contributed by atoms with E-state index in [1.807, 2.05) is 54.6 Å². The maximum Gasteiger partial charge on any atom is 0.327 e. The molecule has 38 heavy (non-hydrogen) atoms. The Morgan fingerprint density at radius 1 is 0.789 bits per heavy atom. The van der Waals surface area contributed by atoms with Crippen LogP contribution < -0.4 is 21.7 Å². The molecule has 3 rings (SSSR count). The molecule has 202 valence electrons. The van der Waals surface area contributed by atoms with Crippen LogP contribution in [-0.2, 0) is 32.0 Å². The van der Waals surface area contributed by atoms with Crippen LogP contribution >= 0.6 is 25.3 Å². The Morgan fingerprint density at radius 2 is 1.37 bits per heavy atom. The highest BCUT2D eigenvalue weighted by atomic mass is 32.1. The molecule has 12 heteroatoms. The third kappa shape index (κ3) is 7.76. The second kappa shape index (κ2) is 13.9. The van der Waals surface area contributed by atoms with E-state index in [0.717, 1.165) is 22.0 Å². The van der Waals surface area contributed by atoms with E-state index in [1.54, 1.807) is 6.20 Å².